The van der Waals surface area contributed by atoms with Crippen LogP contribution in [-0.4, -0.2) is 36.4 Å². The van der Waals surface area contributed by atoms with Crippen molar-refractivity contribution < 1.29 is 19.4 Å². The molecule has 1 saturated carbocycles. The Morgan fingerprint density at radius 3 is 2.43 bits per heavy atom. The molecule has 0 spiro atoms. The maximum absolute atomic E-state index is 11.8. The Balaban J connectivity index is 1.69. The Morgan fingerprint density at radius 1 is 1.22 bits per heavy atom. The van der Waals surface area contributed by atoms with E-state index in [0.717, 1.165) is 32.1 Å². The molecule has 0 heterocycles. The number of alkyl carbamates (subject to hydrolysis) is 1. The van der Waals surface area contributed by atoms with Gasteiger partial charge in [-0.25, -0.2) is 9.59 Å². The summed E-state index contributed by atoms with van der Waals surface area (Å²) in [7, 11) is 0. The van der Waals surface area contributed by atoms with Gasteiger partial charge in [0.15, 0.2) is 0 Å². The molecular formula is C17H26N2O4. The Morgan fingerprint density at radius 2 is 1.87 bits per heavy atom. The minimum atomic E-state index is -1.04. The van der Waals surface area contributed by atoms with Gasteiger partial charge in [-0.1, -0.05) is 0 Å². The molecule has 0 aromatic rings. The molecule has 1 fully saturated rings. The van der Waals surface area contributed by atoms with E-state index < -0.39 is 18.1 Å². The molecule has 6 heteroatoms. The highest BCUT2D eigenvalue weighted by Crippen LogP contribution is 2.52. The molecule has 0 aromatic heterocycles. The first-order valence-electron chi connectivity index (χ1n) is 8.45. The summed E-state index contributed by atoms with van der Waals surface area (Å²) in [5, 5.41) is 11.6. The van der Waals surface area contributed by atoms with E-state index in [0.29, 0.717) is 43.7 Å². The molecule has 0 saturated heterocycles. The van der Waals surface area contributed by atoms with Gasteiger partial charge in [-0.2, -0.15) is 0 Å². The number of carboxylic acids is 1. The number of ether oxygens (including phenoxy) is 1. The Kier molecular flexibility index (Phi) is 6.72. The number of unbranched alkanes of at least 4 members (excludes halogenated alkanes) is 1. The number of fused-ring (bicyclic) bond motifs is 1. The first-order valence-corrected chi connectivity index (χ1v) is 8.45. The van der Waals surface area contributed by atoms with Gasteiger partial charge in [0.05, 0.1) is 6.61 Å². The normalized spacial score (nSPS) is 26.6. The molecule has 0 radical (unpaired) electrons. The second kappa shape index (κ2) is 8.78. The van der Waals surface area contributed by atoms with Crippen LogP contribution < -0.4 is 11.1 Å². The molecule has 2 aliphatic carbocycles. The van der Waals surface area contributed by atoms with Gasteiger partial charge in [0, 0.05) is 12.8 Å². The average molecular weight is 322 g/mol. The molecule has 4 atom stereocenters. The minimum Gasteiger partial charge on any atom is -0.480 e. The first kappa shape index (κ1) is 17.6. The van der Waals surface area contributed by atoms with Crippen molar-refractivity contribution in [2.24, 2.45) is 23.5 Å². The average Bonchev–Trinajstić information content (AvgIpc) is 3.13. The number of hydrogen-bond donors (Lipinski definition) is 3. The van der Waals surface area contributed by atoms with Crippen molar-refractivity contribution in [3.63, 3.8) is 0 Å². The standard InChI is InChI=1S/C17H26N2O4/c18-10-6-5-9-15(16(20)21)19-17(22)23-11-14-12-7-3-1-2-4-8-13(12)14/h12-15H,3-11,18H2,(H,19,22)(H,20,21)/t12-,13?,14?,15?/m0/s1. The smallest absolute Gasteiger partial charge is 0.407 e. The molecule has 0 aromatic carbocycles. The van der Waals surface area contributed by atoms with E-state index in [1.807, 2.05) is 0 Å². The van der Waals surface area contributed by atoms with Crippen LogP contribution in [0, 0.1) is 29.6 Å². The van der Waals surface area contributed by atoms with Gasteiger partial charge in [0.1, 0.15) is 6.04 Å². The topological polar surface area (TPSA) is 102 Å². The number of nitrogens with two attached hydrogens (primary N) is 1. The van der Waals surface area contributed by atoms with Crippen molar-refractivity contribution in [3.05, 3.63) is 0 Å². The zero-order valence-corrected chi connectivity index (χ0v) is 13.4. The molecule has 3 unspecified atom stereocenters. The quantitative estimate of drug-likeness (QED) is 0.467. The van der Waals surface area contributed by atoms with Gasteiger partial charge in [0.2, 0.25) is 0 Å². The van der Waals surface area contributed by atoms with Crippen molar-refractivity contribution in [2.45, 2.75) is 51.0 Å². The van der Waals surface area contributed by atoms with Gasteiger partial charge in [-0.05, 0) is 56.4 Å². The van der Waals surface area contributed by atoms with Crippen LogP contribution >= 0.6 is 0 Å². The summed E-state index contributed by atoms with van der Waals surface area (Å²) in [6, 6.07) is -0.907. The third-order valence-electron chi connectivity index (χ3n) is 4.78. The van der Waals surface area contributed by atoms with E-state index in [9.17, 15) is 9.59 Å². The van der Waals surface area contributed by atoms with Gasteiger partial charge in [0.25, 0.3) is 0 Å². The number of hydrogen-bond acceptors (Lipinski definition) is 4. The second-order valence-corrected chi connectivity index (χ2v) is 6.34. The SMILES string of the molecule is NCCCCC(NC(=O)OCC1C2CCC#CCC[C@@H]21)C(=O)O. The minimum absolute atomic E-state index is 0.369. The summed E-state index contributed by atoms with van der Waals surface area (Å²) >= 11 is 0. The number of rotatable bonds is 8. The Bertz CT molecular complexity index is 465. The molecule has 4 N–H and O–H groups in total. The van der Waals surface area contributed by atoms with Gasteiger partial charge in [-0.3, -0.25) is 0 Å². The van der Waals surface area contributed by atoms with Crippen LogP contribution in [0.5, 0.6) is 0 Å². The van der Waals surface area contributed by atoms with Crippen molar-refractivity contribution in [1.29, 1.82) is 0 Å². The van der Waals surface area contributed by atoms with Crippen LogP contribution in [0.25, 0.3) is 0 Å². The lowest BCUT2D eigenvalue weighted by molar-refractivity contribution is -0.139. The van der Waals surface area contributed by atoms with E-state index in [-0.39, 0.29) is 0 Å². The molecule has 23 heavy (non-hydrogen) atoms. The molecule has 2 rings (SSSR count). The van der Waals surface area contributed by atoms with Crippen molar-refractivity contribution in [2.75, 3.05) is 13.2 Å². The zero-order valence-electron chi connectivity index (χ0n) is 13.4. The summed E-state index contributed by atoms with van der Waals surface area (Å²) in [6.45, 7) is 0.890. The monoisotopic (exact) mass is 322 g/mol. The summed E-state index contributed by atoms with van der Waals surface area (Å²) < 4.78 is 5.25. The van der Waals surface area contributed by atoms with Gasteiger partial charge >= 0.3 is 12.1 Å². The summed E-state index contributed by atoms with van der Waals surface area (Å²) in [6.07, 6.45) is 5.13. The number of carbonyl (C=O) groups is 2. The maximum atomic E-state index is 11.8. The highest BCUT2D eigenvalue weighted by molar-refractivity contribution is 5.79. The van der Waals surface area contributed by atoms with Gasteiger partial charge in [-0.15, -0.1) is 11.8 Å². The van der Waals surface area contributed by atoms with Gasteiger partial charge < -0.3 is 20.9 Å². The highest BCUT2D eigenvalue weighted by Gasteiger charge is 2.49. The molecule has 2 aliphatic rings. The fraction of sp³-hybridized carbons (Fsp3) is 0.765. The lowest BCUT2D eigenvalue weighted by atomic mass is 10.1. The fourth-order valence-electron chi connectivity index (χ4n) is 3.39. The molecule has 128 valence electrons. The lowest BCUT2D eigenvalue weighted by Gasteiger charge is -2.14. The maximum Gasteiger partial charge on any atom is 0.407 e. The number of carbonyl (C=O) groups excluding carboxylic acids is 1. The number of amides is 1. The second-order valence-electron chi connectivity index (χ2n) is 6.34. The molecule has 1 amide bonds. The van der Waals surface area contributed by atoms with E-state index in [1.165, 1.54) is 0 Å². The number of nitrogens with one attached hydrogen (secondary N) is 1. The number of carboxylic acid groups (broad SMARTS) is 1. The van der Waals surface area contributed by atoms with Crippen LogP contribution in [0.1, 0.15) is 44.9 Å². The highest BCUT2D eigenvalue weighted by atomic mass is 16.5. The zero-order chi connectivity index (χ0) is 16.7. The summed E-state index contributed by atoms with van der Waals surface area (Å²) in [5.41, 5.74) is 5.39. The van der Waals surface area contributed by atoms with Crippen LogP contribution in [0.4, 0.5) is 4.79 Å². The molecular weight excluding hydrogens is 296 g/mol. The van der Waals surface area contributed by atoms with Crippen LogP contribution in [0.15, 0.2) is 0 Å². The van der Waals surface area contributed by atoms with Crippen LogP contribution in [-0.2, 0) is 9.53 Å². The molecule has 6 nitrogen and oxygen atoms in total. The summed E-state index contributed by atoms with van der Waals surface area (Å²) in [4.78, 5) is 23.0. The van der Waals surface area contributed by atoms with E-state index >= 15 is 0 Å². The third-order valence-corrected chi connectivity index (χ3v) is 4.78. The molecule has 0 aliphatic heterocycles. The van der Waals surface area contributed by atoms with E-state index in [1.54, 1.807) is 0 Å². The predicted molar refractivity (Wildman–Crippen MR) is 85.5 cm³/mol. The fourth-order valence-corrected chi connectivity index (χ4v) is 3.39. The Hall–Kier alpha value is -1.74. The third kappa shape index (κ3) is 5.43. The van der Waals surface area contributed by atoms with Crippen molar-refractivity contribution in [1.82, 2.24) is 5.32 Å². The first-order chi connectivity index (χ1) is 11.1. The van der Waals surface area contributed by atoms with Crippen LogP contribution in [0.2, 0.25) is 0 Å². The van der Waals surface area contributed by atoms with Crippen LogP contribution in [0.3, 0.4) is 0 Å². The number of aliphatic carboxylic acids is 1. The van der Waals surface area contributed by atoms with E-state index in [2.05, 4.69) is 17.2 Å². The molecule has 0 bridgehead atoms. The largest absolute Gasteiger partial charge is 0.480 e. The lowest BCUT2D eigenvalue weighted by Crippen LogP contribution is -2.41. The van der Waals surface area contributed by atoms with Crippen molar-refractivity contribution in [3.8, 4) is 11.8 Å². The van der Waals surface area contributed by atoms with Crippen molar-refractivity contribution >= 4 is 12.1 Å². The Labute approximate surface area is 137 Å². The predicted octanol–water partition coefficient (Wildman–Crippen LogP) is 1.73. The van der Waals surface area contributed by atoms with E-state index in [4.69, 9.17) is 15.6 Å². The summed E-state index contributed by atoms with van der Waals surface area (Å²) in [5.74, 6) is 6.88.